The number of hydrogen-bond acceptors (Lipinski definition) is 3. The zero-order valence-corrected chi connectivity index (χ0v) is 15.2. The van der Waals surface area contributed by atoms with E-state index in [0.717, 1.165) is 23.1 Å². The predicted octanol–water partition coefficient (Wildman–Crippen LogP) is 3.61. The summed E-state index contributed by atoms with van der Waals surface area (Å²) in [6.07, 6.45) is 5.42. The highest BCUT2D eigenvalue weighted by Gasteiger charge is 2.29. The number of hydrogen-bond donors (Lipinski definition) is 0. The lowest BCUT2D eigenvalue weighted by atomic mass is 10.1. The fraction of sp³-hybridized carbons (Fsp3) is 0.261. The third-order valence-corrected chi connectivity index (χ3v) is 4.73. The third-order valence-electron chi connectivity index (χ3n) is 4.73. The average Bonchev–Trinajstić information content (AvgIpc) is 3.01. The van der Waals surface area contributed by atoms with Crippen molar-refractivity contribution in [2.24, 2.45) is 0 Å². The van der Waals surface area contributed by atoms with Gasteiger partial charge in [0.05, 0.1) is 18.5 Å². The first-order valence-corrected chi connectivity index (χ1v) is 9.15. The van der Waals surface area contributed by atoms with E-state index in [1.807, 2.05) is 65.6 Å². The Morgan fingerprint density at radius 1 is 1.11 bits per heavy atom. The summed E-state index contributed by atoms with van der Waals surface area (Å²) in [5, 5.41) is 8.85. The molecule has 1 aliphatic heterocycles. The maximum atomic E-state index is 12.3. The molecule has 4 nitrogen and oxygen atoms in total. The number of carbonyl (C=O) groups is 2. The Bertz CT molecular complexity index is 881. The van der Waals surface area contributed by atoms with Crippen molar-refractivity contribution in [1.82, 2.24) is 4.90 Å². The van der Waals surface area contributed by atoms with Crippen LogP contribution in [0, 0.1) is 11.3 Å². The van der Waals surface area contributed by atoms with E-state index in [1.54, 1.807) is 6.08 Å². The molecule has 1 saturated heterocycles. The zero-order chi connectivity index (χ0) is 19.1. The van der Waals surface area contributed by atoms with Crippen LogP contribution in [-0.4, -0.2) is 22.6 Å². The normalized spacial score (nSPS) is 16.6. The maximum Gasteiger partial charge on any atom is 0.223 e. The molecule has 0 bridgehead atoms. The van der Waals surface area contributed by atoms with E-state index >= 15 is 0 Å². The Balaban J connectivity index is 1.64. The van der Waals surface area contributed by atoms with E-state index in [9.17, 15) is 9.59 Å². The Kier molecular flexibility index (Phi) is 6.17. The second kappa shape index (κ2) is 8.95. The summed E-state index contributed by atoms with van der Waals surface area (Å²) in [7, 11) is 0. The van der Waals surface area contributed by atoms with Gasteiger partial charge in [-0.15, -0.1) is 0 Å². The smallest absolute Gasteiger partial charge is 0.223 e. The molecule has 0 spiro atoms. The van der Waals surface area contributed by atoms with E-state index in [0.29, 0.717) is 25.8 Å². The summed E-state index contributed by atoms with van der Waals surface area (Å²) in [5.41, 5.74) is 2.94. The van der Waals surface area contributed by atoms with Crippen molar-refractivity contribution in [3.05, 3.63) is 83.4 Å². The second-order valence-electron chi connectivity index (χ2n) is 6.77. The number of carbonyl (C=O) groups excluding carboxylic acids is 2. The standard InChI is InChI=1S/C23H22N2O2/c24-14-13-19-7-4-8-20(15-19)17-25-21(10-12-23(25)27)9-11-22(26)16-18-5-2-1-3-6-18/h1-9,11,15,21H,10,12-13,16-17H2/t21-/m0/s1. The van der Waals surface area contributed by atoms with Gasteiger partial charge in [-0.05, 0) is 29.2 Å². The van der Waals surface area contributed by atoms with Crippen LogP contribution in [-0.2, 0) is 29.0 Å². The first-order valence-electron chi connectivity index (χ1n) is 9.15. The van der Waals surface area contributed by atoms with Crippen molar-refractivity contribution in [1.29, 1.82) is 5.26 Å². The van der Waals surface area contributed by atoms with Gasteiger partial charge in [0, 0.05) is 19.4 Å². The van der Waals surface area contributed by atoms with E-state index in [-0.39, 0.29) is 17.7 Å². The minimum absolute atomic E-state index is 0.0384. The summed E-state index contributed by atoms with van der Waals surface area (Å²) in [5.74, 6) is 0.141. The number of ketones is 1. The molecule has 0 unspecified atom stereocenters. The van der Waals surface area contributed by atoms with Gasteiger partial charge in [0.15, 0.2) is 5.78 Å². The molecule has 1 fully saturated rings. The molecule has 136 valence electrons. The lowest BCUT2D eigenvalue weighted by molar-refractivity contribution is -0.129. The van der Waals surface area contributed by atoms with Gasteiger partial charge in [0.2, 0.25) is 5.91 Å². The van der Waals surface area contributed by atoms with Crippen LogP contribution in [0.3, 0.4) is 0 Å². The largest absolute Gasteiger partial charge is 0.332 e. The van der Waals surface area contributed by atoms with Crippen LogP contribution in [0.1, 0.15) is 29.5 Å². The molecule has 0 saturated carbocycles. The van der Waals surface area contributed by atoms with Crippen molar-refractivity contribution in [2.45, 2.75) is 38.3 Å². The Morgan fingerprint density at radius 2 is 1.85 bits per heavy atom. The number of nitriles is 1. The number of nitrogens with zero attached hydrogens (tertiary/aromatic N) is 2. The minimum Gasteiger partial charge on any atom is -0.332 e. The highest BCUT2D eigenvalue weighted by Crippen LogP contribution is 2.23. The molecule has 0 aromatic heterocycles. The lowest BCUT2D eigenvalue weighted by Crippen LogP contribution is -2.31. The van der Waals surface area contributed by atoms with Crippen LogP contribution >= 0.6 is 0 Å². The monoisotopic (exact) mass is 358 g/mol. The van der Waals surface area contributed by atoms with Crippen LogP contribution in [0.15, 0.2) is 66.7 Å². The van der Waals surface area contributed by atoms with Gasteiger partial charge in [0.25, 0.3) is 0 Å². The molecule has 3 rings (SSSR count). The van der Waals surface area contributed by atoms with Gasteiger partial charge < -0.3 is 4.90 Å². The second-order valence-corrected chi connectivity index (χ2v) is 6.77. The Labute approximate surface area is 159 Å². The highest BCUT2D eigenvalue weighted by molar-refractivity contribution is 5.91. The van der Waals surface area contributed by atoms with Gasteiger partial charge in [-0.2, -0.15) is 5.26 Å². The van der Waals surface area contributed by atoms with Gasteiger partial charge in [-0.1, -0.05) is 60.7 Å². The third kappa shape index (κ3) is 5.15. The molecule has 2 aromatic carbocycles. The van der Waals surface area contributed by atoms with Gasteiger partial charge in [-0.25, -0.2) is 0 Å². The molecule has 1 amide bonds. The fourth-order valence-corrected chi connectivity index (χ4v) is 3.36. The maximum absolute atomic E-state index is 12.3. The fourth-order valence-electron chi connectivity index (χ4n) is 3.36. The average molecular weight is 358 g/mol. The summed E-state index contributed by atoms with van der Waals surface area (Å²) in [4.78, 5) is 26.3. The van der Waals surface area contributed by atoms with Crippen LogP contribution in [0.5, 0.6) is 0 Å². The van der Waals surface area contributed by atoms with Crippen molar-refractivity contribution >= 4 is 11.7 Å². The SMILES string of the molecule is N#CCc1cccc(CN2C(=O)CC[C@@H]2C=CC(=O)Cc2ccccc2)c1. The van der Waals surface area contributed by atoms with Gasteiger partial charge in [-0.3, -0.25) is 9.59 Å². The van der Waals surface area contributed by atoms with Crippen LogP contribution in [0.4, 0.5) is 0 Å². The molecular weight excluding hydrogens is 336 g/mol. The first kappa shape index (κ1) is 18.6. The quantitative estimate of drug-likeness (QED) is 0.710. The van der Waals surface area contributed by atoms with Crippen molar-refractivity contribution in [3.8, 4) is 6.07 Å². The predicted molar refractivity (Wildman–Crippen MR) is 104 cm³/mol. The molecule has 0 aliphatic carbocycles. The molecule has 4 heteroatoms. The number of likely N-dealkylation sites (tertiary alicyclic amines) is 1. The lowest BCUT2D eigenvalue weighted by Gasteiger charge is -2.22. The van der Waals surface area contributed by atoms with Crippen LogP contribution in [0.25, 0.3) is 0 Å². The van der Waals surface area contributed by atoms with Crippen molar-refractivity contribution < 1.29 is 9.59 Å². The molecular formula is C23H22N2O2. The van der Waals surface area contributed by atoms with E-state index in [4.69, 9.17) is 5.26 Å². The van der Waals surface area contributed by atoms with E-state index in [1.165, 1.54) is 0 Å². The molecule has 0 radical (unpaired) electrons. The van der Waals surface area contributed by atoms with Gasteiger partial charge in [0.1, 0.15) is 0 Å². The summed E-state index contributed by atoms with van der Waals surface area (Å²) in [6, 6.07) is 19.5. The molecule has 2 aromatic rings. The molecule has 1 atom stereocenters. The van der Waals surface area contributed by atoms with Gasteiger partial charge >= 0.3 is 0 Å². The highest BCUT2D eigenvalue weighted by atomic mass is 16.2. The number of amides is 1. The van der Waals surface area contributed by atoms with E-state index in [2.05, 4.69) is 6.07 Å². The van der Waals surface area contributed by atoms with Crippen molar-refractivity contribution in [3.63, 3.8) is 0 Å². The molecule has 0 N–H and O–H groups in total. The van der Waals surface area contributed by atoms with Crippen LogP contribution in [0.2, 0.25) is 0 Å². The molecule has 1 aliphatic rings. The van der Waals surface area contributed by atoms with Crippen LogP contribution < -0.4 is 0 Å². The Morgan fingerprint density at radius 3 is 2.63 bits per heavy atom. The summed E-state index contributed by atoms with van der Waals surface area (Å²) >= 11 is 0. The number of rotatable bonds is 7. The minimum atomic E-state index is -0.0585. The topological polar surface area (TPSA) is 61.2 Å². The summed E-state index contributed by atoms with van der Waals surface area (Å²) in [6.45, 7) is 0.500. The Hall–Kier alpha value is -3.19. The summed E-state index contributed by atoms with van der Waals surface area (Å²) < 4.78 is 0. The molecule has 1 heterocycles. The first-order chi connectivity index (χ1) is 13.2. The number of allylic oxidation sites excluding steroid dienone is 1. The zero-order valence-electron chi connectivity index (χ0n) is 15.2. The molecule has 27 heavy (non-hydrogen) atoms. The van der Waals surface area contributed by atoms with Crippen molar-refractivity contribution in [2.75, 3.05) is 0 Å². The van der Waals surface area contributed by atoms with E-state index < -0.39 is 0 Å². The number of benzene rings is 2.